The zero-order valence-electron chi connectivity index (χ0n) is 14.6. The summed E-state index contributed by atoms with van der Waals surface area (Å²) < 4.78 is 5.64. The zero-order valence-corrected chi connectivity index (χ0v) is 14.6. The second kappa shape index (κ2) is 7.00. The molecule has 2 heterocycles. The van der Waals surface area contributed by atoms with Crippen LogP contribution in [0.3, 0.4) is 0 Å². The Kier molecular flexibility index (Phi) is 4.39. The Morgan fingerprint density at radius 2 is 1.62 bits per heavy atom. The SMILES string of the molecule is CN1CCCN(C(=O)COc2ccccc2)c2nc3ccccc3nc21. The lowest BCUT2D eigenvalue weighted by atomic mass is 10.3. The third-order valence-electron chi connectivity index (χ3n) is 4.43. The van der Waals surface area contributed by atoms with E-state index < -0.39 is 0 Å². The number of ether oxygens (including phenoxy) is 1. The van der Waals surface area contributed by atoms with Crippen LogP contribution in [-0.2, 0) is 4.79 Å². The molecule has 0 aliphatic carbocycles. The maximum absolute atomic E-state index is 12.8. The quantitative estimate of drug-likeness (QED) is 0.728. The Hall–Kier alpha value is -3.15. The van der Waals surface area contributed by atoms with Gasteiger partial charge in [-0.25, -0.2) is 9.97 Å². The molecule has 0 atom stereocenters. The van der Waals surface area contributed by atoms with Crippen LogP contribution in [0.5, 0.6) is 5.75 Å². The molecule has 0 radical (unpaired) electrons. The summed E-state index contributed by atoms with van der Waals surface area (Å²) in [6.07, 6.45) is 0.849. The number of hydrogen-bond donors (Lipinski definition) is 0. The minimum absolute atomic E-state index is 0.0261. The number of hydrogen-bond acceptors (Lipinski definition) is 5. The van der Waals surface area contributed by atoms with Crippen molar-refractivity contribution in [3.8, 4) is 5.75 Å². The summed E-state index contributed by atoms with van der Waals surface area (Å²) in [6, 6.07) is 17.1. The van der Waals surface area contributed by atoms with E-state index in [0.29, 0.717) is 18.1 Å². The molecule has 0 saturated heterocycles. The number of carbonyl (C=O) groups is 1. The minimum atomic E-state index is -0.116. The number of amides is 1. The number of fused-ring (bicyclic) bond motifs is 2. The molecule has 26 heavy (non-hydrogen) atoms. The van der Waals surface area contributed by atoms with Gasteiger partial charge < -0.3 is 9.64 Å². The van der Waals surface area contributed by atoms with Gasteiger partial charge in [-0.2, -0.15) is 0 Å². The number of rotatable bonds is 3. The summed E-state index contributed by atoms with van der Waals surface area (Å²) in [7, 11) is 1.98. The number of anilines is 2. The van der Waals surface area contributed by atoms with Gasteiger partial charge in [0.15, 0.2) is 18.2 Å². The van der Waals surface area contributed by atoms with Crippen LogP contribution in [0, 0.1) is 0 Å². The van der Waals surface area contributed by atoms with Crippen LogP contribution < -0.4 is 14.5 Å². The third-order valence-corrected chi connectivity index (χ3v) is 4.43. The first kappa shape index (κ1) is 16.3. The van der Waals surface area contributed by atoms with E-state index in [-0.39, 0.29) is 12.5 Å². The van der Waals surface area contributed by atoms with Gasteiger partial charge in [0.2, 0.25) is 0 Å². The standard InChI is InChI=1S/C20H20N4O2/c1-23-12-7-13-24(18(25)14-26-15-8-3-2-4-9-15)20-19(23)21-16-10-5-6-11-17(16)22-20/h2-6,8-11H,7,12-14H2,1H3. The van der Waals surface area contributed by atoms with Crippen LogP contribution in [0.15, 0.2) is 54.6 Å². The summed E-state index contributed by atoms with van der Waals surface area (Å²) in [6.45, 7) is 1.40. The molecule has 0 fully saturated rings. The second-order valence-electron chi connectivity index (χ2n) is 6.28. The fraction of sp³-hybridized carbons (Fsp3) is 0.250. The van der Waals surface area contributed by atoms with Gasteiger partial charge in [0.25, 0.3) is 5.91 Å². The number of benzene rings is 2. The lowest BCUT2D eigenvalue weighted by molar-refractivity contribution is -0.120. The number of nitrogens with zero attached hydrogens (tertiary/aromatic N) is 4. The van der Waals surface area contributed by atoms with Crippen molar-refractivity contribution in [1.82, 2.24) is 9.97 Å². The van der Waals surface area contributed by atoms with Crippen molar-refractivity contribution in [2.75, 3.05) is 36.5 Å². The van der Waals surface area contributed by atoms with E-state index in [1.165, 1.54) is 0 Å². The molecule has 1 aromatic heterocycles. The smallest absolute Gasteiger partial charge is 0.266 e. The van der Waals surface area contributed by atoms with Crippen molar-refractivity contribution in [3.05, 3.63) is 54.6 Å². The van der Waals surface area contributed by atoms with Gasteiger partial charge in [-0.15, -0.1) is 0 Å². The van der Waals surface area contributed by atoms with E-state index in [0.717, 1.165) is 29.8 Å². The van der Waals surface area contributed by atoms with Crippen molar-refractivity contribution >= 4 is 28.6 Å². The number of aromatic nitrogens is 2. The molecule has 4 rings (SSSR count). The molecular weight excluding hydrogens is 328 g/mol. The highest BCUT2D eigenvalue weighted by atomic mass is 16.5. The molecule has 6 heteroatoms. The van der Waals surface area contributed by atoms with E-state index in [1.54, 1.807) is 4.90 Å². The van der Waals surface area contributed by atoms with E-state index in [4.69, 9.17) is 14.7 Å². The predicted octanol–water partition coefficient (Wildman–Crippen LogP) is 2.88. The van der Waals surface area contributed by atoms with Crippen molar-refractivity contribution in [2.45, 2.75) is 6.42 Å². The topological polar surface area (TPSA) is 58.6 Å². The fourth-order valence-electron chi connectivity index (χ4n) is 3.08. The van der Waals surface area contributed by atoms with Gasteiger partial charge in [0.1, 0.15) is 5.75 Å². The fourth-order valence-corrected chi connectivity index (χ4v) is 3.08. The van der Waals surface area contributed by atoms with E-state index >= 15 is 0 Å². The van der Waals surface area contributed by atoms with Crippen molar-refractivity contribution < 1.29 is 9.53 Å². The van der Waals surface area contributed by atoms with Crippen molar-refractivity contribution in [2.24, 2.45) is 0 Å². The molecule has 1 aliphatic rings. The summed E-state index contributed by atoms with van der Waals surface area (Å²) >= 11 is 0. The van der Waals surface area contributed by atoms with E-state index in [9.17, 15) is 4.79 Å². The van der Waals surface area contributed by atoms with Gasteiger partial charge in [-0.1, -0.05) is 30.3 Å². The Morgan fingerprint density at radius 3 is 2.35 bits per heavy atom. The summed E-state index contributed by atoms with van der Waals surface area (Å²) in [5.41, 5.74) is 1.61. The first-order valence-corrected chi connectivity index (χ1v) is 8.68. The normalized spacial score (nSPS) is 14.0. The molecule has 1 aliphatic heterocycles. The lowest BCUT2D eigenvalue weighted by Crippen LogP contribution is -2.36. The van der Waals surface area contributed by atoms with E-state index in [1.807, 2.05) is 61.6 Å². The summed E-state index contributed by atoms with van der Waals surface area (Å²) in [4.78, 5) is 26.1. The first-order chi connectivity index (χ1) is 12.7. The Morgan fingerprint density at radius 1 is 0.962 bits per heavy atom. The van der Waals surface area contributed by atoms with Crippen LogP contribution in [-0.4, -0.2) is 42.6 Å². The molecule has 0 bridgehead atoms. The van der Waals surface area contributed by atoms with Crippen LogP contribution in [0.1, 0.15) is 6.42 Å². The highest BCUT2D eigenvalue weighted by Gasteiger charge is 2.26. The second-order valence-corrected chi connectivity index (χ2v) is 6.28. The average Bonchev–Trinajstić information content (AvgIpc) is 2.84. The van der Waals surface area contributed by atoms with Crippen LogP contribution in [0.4, 0.5) is 11.6 Å². The largest absolute Gasteiger partial charge is 0.484 e. The molecular formula is C20H20N4O2. The average molecular weight is 348 g/mol. The Balaban J connectivity index is 1.65. The third kappa shape index (κ3) is 3.18. The van der Waals surface area contributed by atoms with Crippen LogP contribution >= 0.6 is 0 Å². The zero-order chi connectivity index (χ0) is 17.9. The Labute approximate surface area is 152 Å². The highest BCUT2D eigenvalue weighted by molar-refractivity contribution is 5.97. The van der Waals surface area contributed by atoms with Crippen LogP contribution in [0.25, 0.3) is 11.0 Å². The molecule has 0 spiro atoms. The molecule has 0 unspecified atom stereocenters. The van der Waals surface area contributed by atoms with Crippen molar-refractivity contribution in [1.29, 1.82) is 0 Å². The molecule has 2 aromatic carbocycles. The monoisotopic (exact) mass is 348 g/mol. The minimum Gasteiger partial charge on any atom is -0.484 e. The van der Waals surface area contributed by atoms with Gasteiger partial charge in [0.05, 0.1) is 11.0 Å². The summed E-state index contributed by atoms with van der Waals surface area (Å²) in [5, 5.41) is 0. The molecule has 132 valence electrons. The molecule has 6 nitrogen and oxygen atoms in total. The lowest BCUT2D eigenvalue weighted by Gasteiger charge is -2.22. The molecule has 0 N–H and O–H groups in total. The van der Waals surface area contributed by atoms with Gasteiger partial charge in [-0.3, -0.25) is 9.69 Å². The van der Waals surface area contributed by atoms with Crippen molar-refractivity contribution in [3.63, 3.8) is 0 Å². The maximum Gasteiger partial charge on any atom is 0.266 e. The number of para-hydroxylation sites is 3. The number of carbonyl (C=O) groups excluding carboxylic acids is 1. The highest BCUT2D eigenvalue weighted by Crippen LogP contribution is 2.30. The van der Waals surface area contributed by atoms with Gasteiger partial charge in [-0.05, 0) is 30.7 Å². The van der Waals surface area contributed by atoms with E-state index in [2.05, 4.69) is 4.90 Å². The van der Waals surface area contributed by atoms with Crippen LogP contribution in [0.2, 0.25) is 0 Å². The Bertz CT molecular complexity index is 930. The molecule has 1 amide bonds. The van der Waals surface area contributed by atoms with Gasteiger partial charge in [0, 0.05) is 20.1 Å². The molecule has 0 saturated carbocycles. The van der Waals surface area contributed by atoms with Gasteiger partial charge >= 0.3 is 0 Å². The molecule has 3 aromatic rings. The maximum atomic E-state index is 12.8. The first-order valence-electron chi connectivity index (χ1n) is 8.68. The predicted molar refractivity (Wildman–Crippen MR) is 102 cm³/mol. The summed E-state index contributed by atoms with van der Waals surface area (Å²) in [5.74, 6) is 1.90.